The van der Waals surface area contributed by atoms with Crippen LogP contribution in [-0.4, -0.2) is 13.2 Å². The first-order chi connectivity index (χ1) is 6.79. The van der Waals surface area contributed by atoms with Crippen LogP contribution in [0.5, 0.6) is 5.75 Å². The van der Waals surface area contributed by atoms with Crippen molar-refractivity contribution < 1.29 is 13.6 Å². The number of hydrogen-bond acceptors (Lipinski definition) is 3. The SMILES string of the molecule is O=P1(Oc2ccccc2)NCCCO1. The molecule has 76 valence electrons. The molecule has 1 heterocycles. The molecule has 2 rings (SSSR count). The van der Waals surface area contributed by atoms with Crippen LogP contribution in [-0.2, 0) is 9.09 Å². The van der Waals surface area contributed by atoms with Crippen molar-refractivity contribution in [2.75, 3.05) is 13.2 Å². The first kappa shape index (κ1) is 9.71. The summed E-state index contributed by atoms with van der Waals surface area (Å²) in [4.78, 5) is 0. The van der Waals surface area contributed by atoms with Crippen LogP contribution < -0.4 is 9.61 Å². The standard InChI is InChI=1S/C9H12NO3P/c11-14(10-7-4-8-12-14)13-9-5-2-1-3-6-9/h1-3,5-6H,4,7-8H2,(H,10,11). The first-order valence-corrected chi connectivity index (χ1v) is 6.07. The fraction of sp³-hybridized carbons (Fsp3) is 0.333. The molecule has 1 aliphatic heterocycles. The third-order valence-electron chi connectivity index (χ3n) is 1.86. The molecule has 1 saturated heterocycles. The van der Waals surface area contributed by atoms with Gasteiger partial charge in [0.15, 0.2) is 0 Å². The summed E-state index contributed by atoms with van der Waals surface area (Å²) in [6.07, 6.45) is 0.863. The summed E-state index contributed by atoms with van der Waals surface area (Å²) in [6.45, 7) is 1.15. The summed E-state index contributed by atoms with van der Waals surface area (Å²) in [5.74, 6) is 0.560. The Labute approximate surface area is 82.8 Å². The Hall–Kier alpha value is -0.830. The van der Waals surface area contributed by atoms with Crippen LogP contribution in [0.1, 0.15) is 6.42 Å². The highest BCUT2D eigenvalue weighted by atomic mass is 31.2. The number of nitrogens with one attached hydrogen (secondary N) is 1. The average molecular weight is 213 g/mol. The lowest BCUT2D eigenvalue weighted by molar-refractivity contribution is 0.231. The van der Waals surface area contributed by atoms with Crippen molar-refractivity contribution in [1.29, 1.82) is 0 Å². The van der Waals surface area contributed by atoms with E-state index in [0.717, 1.165) is 6.42 Å². The minimum Gasteiger partial charge on any atom is -0.413 e. The summed E-state index contributed by atoms with van der Waals surface area (Å²) < 4.78 is 22.2. The van der Waals surface area contributed by atoms with E-state index in [1.165, 1.54) is 0 Å². The van der Waals surface area contributed by atoms with E-state index < -0.39 is 7.75 Å². The lowest BCUT2D eigenvalue weighted by atomic mass is 10.3. The maximum Gasteiger partial charge on any atom is 0.458 e. The molecule has 0 spiro atoms. The van der Waals surface area contributed by atoms with Gasteiger partial charge in [0.05, 0.1) is 6.61 Å². The third kappa shape index (κ3) is 2.35. The zero-order valence-corrected chi connectivity index (χ0v) is 8.57. The van der Waals surface area contributed by atoms with Crippen LogP contribution >= 0.6 is 7.75 Å². The van der Waals surface area contributed by atoms with E-state index in [-0.39, 0.29) is 0 Å². The Bertz CT molecular complexity index is 331. The zero-order chi connectivity index (χ0) is 9.86. The van der Waals surface area contributed by atoms with Gasteiger partial charge in [-0.3, -0.25) is 4.52 Å². The van der Waals surface area contributed by atoms with Gasteiger partial charge >= 0.3 is 7.75 Å². The second kappa shape index (κ2) is 4.13. The predicted molar refractivity (Wildman–Crippen MR) is 53.2 cm³/mol. The molecule has 0 amide bonds. The fourth-order valence-corrected chi connectivity index (χ4v) is 2.61. The fourth-order valence-electron chi connectivity index (χ4n) is 1.20. The Morgan fingerprint density at radius 3 is 2.79 bits per heavy atom. The smallest absolute Gasteiger partial charge is 0.413 e. The van der Waals surface area contributed by atoms with Gasteiger partial charge in [-0.15, -0.1) is 0 Å². The molecule has 4 nitrogen and oxygen atoms in total. The Morgan fingerprint density at radius 1 is 1.36 bits per heavy atom. The van der Waals surface area contributed by atoms with E-state index >= 15 is 0 Å². The molecule has 5 heteroatoms. The highest BCUT2D eigenvalue weighted by molar-refractivity contribution is 7.52. The maximum atomic E-state index is 11.8. The van der Waals surface area contributed by atoms with Crippen molar-refractivity contribution in [2.24, 2.45) is 0 Å². The van der Waals surface area contributed by atoms with Crippen LogP contribution in [0.4, 0.5) is 0 Å². The van der Waals surface area contributed by atoms with Gasteiger partial charge in [0.2, 0.25) is 0 Å². The molecule has 1 N–H and O–H groups in total. The van der Waals surface area contributed by atoms with E-state index in [4.69, 9.17) is 9.05 Å². The van der Waals surface area contributed by atoms with E-state index in [9.17, 15) is 4.57 Å². The van der Waals surface area contributed by atoms with Crippen LogP contribution in [0.15, 0.2) is 30.3 Å². The zero-order valence-electron chi connectivity index (χ0n) is 7.68. The molecule has 1 aromatic carbocycles. The largest absolute Gasteiger partial charge is 0.458 e. The van der Waals surface area contributed by atoms with Gasteiger partial charge in [-0.25, -0.2) is 9.65 Å². The Morgan fingerprint density at radius 2 is 2.14 bits per heavy atom. The van der Waals surface area contributed by atoms with Gasteiger partial charge in [-0.2, -0.15) is 0 Å². The molecule has 0 aromatic heterocycles. The Balaban J connectivity index is 2.06. The van der Waals surface area contributed by atoms with E-state index in [2.05, 4.69) is 5.09 Å². The van der Waals surface area contributed by atoms with Gasteiger partial charge in [-0.1, -0.05) is 18.2 Å². The van der Waals surface area contributed by atoms with Gasteiger partial charge in [0.25, 0.3) is 0 Å². The molecule has 0 saturated carbocycles. The summed E-state index contributed by atoms with van der Waals surface area (Å²) in [5.41, 5.74) is 0. The average Bonchev–Trinajstić information content (AvgIpc) is 2.19. The molecule has 1 atom stereocenters. The van der Waals surface area contributed by atoms with Crippen LogP contribution in [0.3, 0.4) is 0 Å². The second-order valence-corrected chi connectivity index (χ2v) is 4.75. The van der Waals surface area contributed by atoms with Gasteiger partial charge in [0, 0.05) is 6.54 Å². The number of hydrogen-bond donors (Lipinski definition) is 1. The highest BCUT2D eigenvalue weighted by Gasteiger charge is 2.28. The van der Waals surface area contributed by atoms with Crippen LogP contribution in [0.2, 0.25) is 0 Å². The molecular weight excluding hydrogens is 201 g/mol. The molecule has 0 radical (unpaired) electrons. The van der Waals surface area contributed by atoms with E-state index in [0.29, 0.717) is 18.9 Å². The molecule has 14 heavy (non-hydrogen) atoms. The minimum atomic E-state index is -3.09. The lowest BCUT2D eigenvalue weighted by Gasteiger charge is -2.23. The van der Waals surface area contributed by atoms with Crippen molar-refractivity contribution in [1.82, 2.24) is 5.09 Å². The molecule has 1 unspecified atom stereocenters. The topological polar surface area (TPSA) is 47.6 Å². The summed E-state index contributed by atoms with van der Waals surface area (Å²) in [7, 11) is -3.09. The van der Waals surface area contributed by atoms with Crippen molar-refractivity contribution in [3.8, 4) is 5.75 Å². The van der Waals surface area contributed by atoms with Crippen LogP contribution in [0, 0.1) is 0 Å². The quantitative estimate of drug-likeness (QED) is 0.765. The Kier molecular flexibility index (Phi) is 2.87. The normalized spacial score (nSPS) is 27.1. The molecule has 1 fully saturated rings. The second-order valence-electron chi connectivity index (χ2n) is 3.00. The van der Waals surface area contributed by atoms with Gasteiger partial charge in [0.1, 0.15) is 5.75 Å². The summed E-state index contributed by atoms with van der Waals surface area (Å²) in [5, 5.41) is 2.76. The van der Waals surface area contributed by atoms with Crippen molar-refractivity contribution in [2.45, 2.75) is 6.42 Å². The monoisotopic (exact) mass is 213 g/mol. The van der Waals surface area contributed by atoms with Crippen molar-refractivity contribution in [3.63, 3.8) is 0 Å². The molecular formula is C9H12NO3P. The van der Waals surface area contributed by atoms with E-state index in [1.54, 1.807) is 12.1 Å². The number of rotatable bonds is 2. The summed E-state index contributed by atoms with van der Waals surface area (Å²) >= 11 is 0. The lowest BCUT2D eigenvalue weighted by Crippen LogP contribution is -2.24. The maximum absolute atomic E-state index is 11.8. The summed E-state index contributed by atoms with van der Waals surface area (Å²) in [6, 6.07) is 9.02. The van der Waals surface area contributed by atoms with Crippen molar-refractivity contribution >= 4 is 7.75 Å². The minimum absolute atomic E-state index is 0.483. The van der Waals surface area contributed by atoms with Gasteiger partial charge in [-0.05, 0) is 18.6 Å². The van der Waals surface area contributed by atoms with Crippen molar-refractivity contribution in [3.05, 3.63) is 30.3 Å². The van der Waals surface area contributed by atoms with Crippen LogP contribution in [0.25, 0.3) is 0 Å². The number of para-hydroxylation sites is 1. The number of benzene rings is 1. The van der Waals surface area contributed by atoms with Gasteiger partial charge < -0.3 is 4.52 Å². The molecule has 0 bridgehead atoms. The first-order valence-electron chi connectivity index (χ1n) is 4.53. The van der Waals surface area contributed by atoms with E-state index in [1.807, 2.05) is 18.2 Å². The predicted octanol–water partition coefficient (Wildman–Crippen LogP) is 2.18. The highest BCUT2D eigenvalue weighted by Crippen LogP contribution is 2.45. The molecule has 0 aliphatic carbocycles. The molecule has 1 aromatic rings. The third-order valence-corrected chi connectivity index (χ3v) is 3.44. The molecule has 1 aliphatic rings.